The summed E-state index contributed by atoms with van der Waals surface area (Å²) in [5.74, 6) is 1.01. The van der Waals surface area contributed by atoms with Gasteiger partial charge in [-0.2, -0.15) is 0 Å². The highest BCUT2D eigenvalue weighted by Crippen LogP contribution is 2.23. The fourth-order valence-electron chi connectivity index (χ4n) is 3.65. The maximum Gasteiger partial charge on any atom is 0.256 e. The van der Waals surface area contributed by atoms with E-state index < -0.39 is 0 Å². The molecule has 1 aliphatic heterocycles. The number of piperidine rings is 1. The summed E-state index contributed by atoms with van der Waals surface area (Å²) in [6.07, 6.45) is 5.61. The fourth-order valence-corrected chi connectivity index (χ4v) is 3.65. The van der Waals surface area contributed by atoms with Crippen LogP contribution in [0, 0.1) is 0 Å². The van der Waals surface area contributed by atoms with Gasteiger partial charge in [0.05, 0.1) is 11.1 Å². The summed E-state index contributed by atoms with van der Waals surface area (Å²) in [5.41, 5.74) is 1.44. The highest BCUT2D eigenvalue weighted by atomic mass is 16.2. The average Bonchev–Trinajstić information content (AvgIpc) is 2.73. The second-order valence-electron chi connectivity index (χ2n) is 6.73. The number of likely N-dealkylation sites (N-methyl/N-ethyl adjacent to an activating group) is 1. The number of fused-ring (bicyclic) bond motifs is 1. The van der Waals surface area contributed by atoms with Crippen molar-refractivity contribution < 1.29 is 4.79 Å². The number of hydrogen-bond acceptors (Lipinski definition) is 4. The van der Waals surface area contributed by atoms with Crippen LogP contribution >= 0.6 is 0 Å². The lowest BCUT2D eigenvalue weighted by Gasteiger charge is -2.38. The Kier molecular flexibility index (Phi) is 4.52. The van der Waals surface area contributed by atoms with E-state index in [1.54, 1.807) is 6.20 Å². The summed E-state index contributed by atoms with van der Waals surface area (Å²) in [6, 6.07) is 15.8. The molecular weight excluding hydrogens is 324 g/mol. The van der Waals surface area contributed by atoms with Crippen molar-refractivity contribution in [1.29, 1.82) is 0 Å². The number of hydrogen-bond donors (Lipinski definition) is 0. The predicted molar refractivity (Wildman–Crippen MR) is 103 cm³/mol. The van der Waals surface area contributed by atoms with Gasteiger partial charge < -0.3 is 9.80 Å². The zero-order valence-electron chi connectivity index (χ0n) is 14.9. The molecule has 1 aliphatic rings. The highest BCUT2D eigenvalue weighted by molar-refractivity contribution is 6.05. The lowest BCUT2D eigenvalue weighted by molar-refractivity contribution is 0.0719. The van der Waals surface area contributed by atoms with Crippen LogP contribution in [0.15, 0.2) is 60.9 Å². The first-order chi connectivity index (χ1) is 12.7. The van der Waals surface area contributed by atoms with Crippen LogP contribution in [0.25, 0.3) is 10.9 Å². The minimum atomic E-state index is 0.0298. The quantitative estimate of drug-likeness (QED) is 0.730. The van der Waals surface area contributed by atoms with Gasteiger partial charge in [-0.05, 0) is 37.1 Å². The van der Waals surface area contributed by atoms with Gasteiger partial charge in [-0.3, -0.25) is 9.78 Å². The van der Waals surface area contributed by atoms with Crippen molar-refractivity contribution in [2.75, 3.05) is 25.0 Å². The van der Waals surface area contributed by atoms with Crippen LogP contribution in [0.5, 0.6) is 0 Å². The van der Waals surface area contributed by atoms with Crippen molar-refractivity contribution in [2.24, 2.45) is 0 Å². The van der Waals surface area contributed by atoms with Gasteiger partial charge >= 0.3 is 0 Å². The summed E-state index contributed by atoms with van der Waals surface area (Å²) in [4.78, 5) is 26.2. The first-order valence-electron chi connectivity index (χ1n) is 9.01. The molecule has 0 unspecified atom stereocenters. The maximum absolute atomic E-state index is 13.2. The van der Waals surface area contributed by atoms with E-state index in [0.717, 1.165) is 42.7 Å². The zero-order valence-corrected chi connectivity index (χ0v) is 14.9. The molecule has 0 radical (unpaired) electrons. The largest absolute Gasteiger partial charge is 0.355 e. The second kappa shape index (κ2) is 7.12. The van der Waals surface area contributed by atoms with Crippen molar-refractivity contribution in [3.63, 3.8) is 0 Å². The van der Waals surface area contributed by atoms with Crippen LogP contribution in [0.4, 0.5) is 5.82 Å². The molecule has 1 atom stereocenters. The third-order valence-electron chi connectivity index (χ3n) is 5.10. The molecular formula is C21H22N4O. The SMILES string of the molecule is CN(C(=O)c1cccc2cccnc12)[C@@H]1CCCN(c2ccccn2)C1. The molecule has 3 aromatic rings. The third kappa shape index (κ3) is 3.12. The molecule has 4 rings (SSSR count). The molecule has 0 bridgehead atoms. The molecule has 0 spiro atoms. The molecule has 3 heterocycles. The summed E-state index contributed by atoms with van der Waals surface area (Å²) < 4.78 is 0. The number of carbonyl (C=O) groups is 1. The number of anilines is 1. The minimum absolute atomic E-state index is 0.0298. The van der Waals surface area contributed by atoms with Gasteiger partial charge in [0.2, 0.25) is 0 Å². The van der Waals surface area contributed by atoms with E-state index in [4.69, 9.17) is 0 Å². The first-order valence-corrected chi connectivity index (χ1v) is 9.01. The Morgan fingerprint density at radius 2 is 1.92 bits per heavy atom. The van der Waals surface area contributed by atoms with Crippen molar-refractivity contribution in [1.82, 2.24) is 14.9 Å². The van der Waals surface area contributed by atoms with Crippen molar-refractivity contribution in [3.8, 4) is 0 Å². The van der Waals surface area contributed by atoms with Crippen LogP contribution < -0.4 is 4.90 Å². The molecule has 1 saturated heterocycles. The van der Waals surface area contributed by atoms with Gasteiger partial charge in [0.25, 0.3) is 5.91 Å². The standard InChI is InChI=1S/C21H22N4O/c1-24(17-9-6-14-25(15-17)19-11-2-3-12-22-19)21(26)18-10-4-7-16-8-5-13-23-20(16)18/h2-5,7-8,10-13,17H,6,9,14-15H2,1H3/t17-/m1/s1. The Morgan fingerprint density at radius 3 is 2.77 bits per heavy atom. The van der Waals surface area contributed by atoms with E-state index >= 15 is 0 Å². The predicted octanol–water partition coefficient (Wildman–Crippen LogP) is 3.37. The number of para-hydroxylation sites is 1. The number of carbonyl (C=O) groups excluding carboxylic acids is 1. The highest BCUT2D eigenvalue weighted by Gasteiger charge is 2.28. The first kappa shape index (κ1) is 16.5. The molecule has 1 amide bonds. The smallest absolute Gasteiger partial charge is 0.256 e. The van der Waals surface area contributed by atoms with E-state index in [1.807, 2.05) is 66.7 Å². The summed E-state index contributed by atoms with van der Waals surface area (Å²) in [7, 11) is 1.90. The number of aromatic nitrogens is 2. The number of pyridine rings is 2. The normalized spacial score (nSPS) is 17.3. The molecule has 132 valence electrons. The lowest BCUT2D eigenvalue weighted by Crippen LogP contribution is -2.48. The second-order valence-corrected chi connectivity index (χ2v) is 6.73. The van der Waals surface area contributed by atoms with Crippen LogP contribution in [0.2, 0.25) is 0 Å². The summed E-state index contributed by atoms with van der Waals surface area (Å²) in [5, 5.41) is 0.991. The van der Waals surface area contributed by atoms with Crippen LogP contribution in [0.1, 0.15) is 23.2 Å². The molecule has 0 N–H and O–H groups in total. The molecule has 0 aliphatic carbocycles. The molecule has 1 aromatic carbocycles. The van der Waals surface area contributed by atoms with Crippen molar-refractivity contribution in [3.05, 3.63) is 66.5 Å². The van der Waals surface area contributed by atoms with Gasteiger partial charge in [0.15, 0.2) is 0 Å². The Balaban J connectivity index is 1.56. The van der Waals surface area contributed by atoms with E-state index in [-0.39, 0.29) is 11.9 Å². The molecule has 2 aromatic heterocycles. The maximum atomic E-state index is 13.2. The summed E-state index contributed by atoms with van der Waals surface area (Å²) >= 11 is 0. The topological polar surface area (TPSA) is 49.3 Å². The number of amides is 1. The Morgan fingerprint density at radius 1 is 1.08 bits per heavy atom. The number of nitrogens with zero attached hydrogens (tertiary/aromatic N) is 4. The number of benzene rings is 1. The molecule has 5 nitrogen and oxygen atoms in total. The van der Waals surface area contributed by atoms with Crippen LogP contribution in [-0.4, -0.2) is 47.0 Å². The lowest BCUT2D eigenvalue weighted by atomic mass is 10.0. The zero-order chi connectivity index (χ0) is 17.9. The van der Waals surface area contributed by atoms with E-state index in [9.17, 15) is 4.79 Å². The van der Waals surface area contributed by atoms with Gasteiger partial charge in [0.1, 0.15) is 5.82 Å². The Labute approximate surface area is 153 Å². The Hall–Kier alpha value is -2.95. The van der Waals surface area contributed by atoms with Crippen molar-refractivity contribution >= 4 is 22.6 Å². The fraction of sp³-hybridized carbons (Fsp3) is 0.286. The molecule has 26 heavy (non-hydrogen) atoms. The van der Waals surface area contributed by atoms with Gasteiger partial charge in [0, 0.05) is 44.0 Å². The van der Waals surface area contributed by atoms with E-state index in [1.165, 1.54) is 0 Å². The minimum Gasteiger partial charge on any atom is -0.355 e. The molecule has 5 heteroatoms. The molecule has 0 saturated carbocycles. The Bertz CT molecular complexity index is 907. The van der Waals surface area contributed by atoms with Crippen molar-refractivity contribution in [2.45, 2.75) is 18.9 Å². The van der Waals surface area contributed by atoms with Crippen LogP contribution in [0.3, 0.4) is 0 Å². The monoisotopic (exact) mass is 346 g/mol. The van der Waals surface area contributed by atoms with Gasteiger partial charge in [-0.25, -0.2) is 4.98 Å². The van der Waals surface area contributed by atoms with E-state index in [0.29, 0.717) is 5.56 Å². The van der Waals surface area contributed by atoms with Gasteiger partial charge in [-0.1, -0.05) is 24.3 Å². The van der Waals surface area contributed by atoms with Gasteiger partial charge in [-0.15, -0.1) is 0 Å². The molecule has 1 fully saturated rings. The average molecular weight is 346 g/mol. The summed E-state index contributed by atoms with van der Waals surface area (Å²) in [6.45, 7) is 1.78. The van der Waals surface area contributed by atoms with Crippen LogP contribution in [-0.2, 0) is 0 Å². The third-order valence-corrected chi connectivity index (χ3v) is 5.10. The number of rotatable bonds is 3. The van der Waals surface area contributed by atoms with E-state index in [2.05, 4.69) is 14.9 Å².